The van der Waals surface area contributed by atoms with E-state index >= 15 is 0 Å². The predicted molar refractivity (Wildman–Crippen MR) is 201 cm³/mol. The second-order valence-electron chi connectivity index (χ2n) is 14.8. The molecular formula is C38H51N9O8. The van der Waals surface area contributed by atoms with Gasteiger partial charge in [0.15, 0.2) is 18.1 Å². The molecule has 0 unspecified atom stereocenters. The minimum atomic E-state index is -1.01. The van der Waals surface area contributed by atoms with Gasteiger partial charge in [0.2, 0.25) is 0 Å². The summed E-state index contributed by atoms with van der Waals surface area (Å²) < 4.78 is 39.3. The van der Waals surface area contributed by atoms with Crippen molar-refractivity contribution in [3.05, 3.63) is 48.5 Å². The van der Waals surface area contributed by atoms with Gasteiger partial charge >= 0.3 is 5.97 Å². The van der Waals surface area contributed by atoms with Gasteiger partial charge in [-0.3, -0.25) is 14.3 Å². The van der Waals surface area contributed by atoms with Gasteiger partial charge in [0.05, 0.1) is 32.4 Å². The van der Waals surface area contributed by atoms with Crippen LogP contribution in [-0.2, 0) is 42.1 Å². The number of carbonyl (C=O) groups is 2. The largest absolute Gasteiger partial charge is 0.497 e. The average Bonchev–Trinajstić information content (AvgIpc) is 3.95. The molecule has 0 radical (unpaired) electrons. The Morgan fingerprint density at radius 3 is 2.53 bits per heavy atom. The molecule has 55 heavy (non-hydrogen) atoms. The molecule has 3 saturated heterocycles. The van der Waals surface area contributed by atoms with Crippen molar-refractivity contribution >= 4 is 28.7 Å². The number of nitrogens with one attached hydrogen (secondary N) is 1. The van der Waals surface area contributed by atoms with Crippen molar-refractivity contribution in [1.29, 1.82) is 0 Å². The van der Waals surface area contributed by atoms with Gasteiger partial charge in [-0.1, -0.05) is 0 Å². The van der Waals surface area contributed by atoms with E-state index in [0.29, 0.717) is 40.6 Å². The Morgan fingerprint density at radius 2 is 1.84 bits per heavy atom. The molecule has 0 aliphatic carbocycles. The van der Waals surface area contributed by atoms with Gasteiger partial charge in [-0.2, -0.15) is 5.10 Å². The number of aromatic nitrogens is 5. The van der Waals surface area contributed by atoms with Crippen molar-refractivity contribution in [2.24, 2.45) is 12.8 Å². The highest BCUT2D eigenvalue weighted by atomic mass is 16.8. The molecule has 3 N–H and O–H groups in total. The van der Waals surface area contributed by atoms with Crippen LogP contribution in [-0.4, -0.2) is 130 Å². The third kappa shape index (κ3) is 7.71. The lowest BCUT2D eigenvalue weighted by atomic mass is 10.0. The van der Waals surface area contributed by atoms with Crippen molar-refractivity contribution in [2.45, 2.75) is 82.1 Å². The molecule has 5 atom stereocenters. The zero-order valence-electron chi connectivity index (χ0n) is 32.4. The molecule has 17 nitrogen and oxygen atoms in total. The van der Waals surface area contributed by atoms with Crippen molar-refractivity contribution in [1.82, 2.24) is 34.1 Å². The van der Waals surface area contributed by atoms with Crippen LogP contribution < -0.4 is 20.5 Å². The molecule has 1 aromatic carbocycles. The second-order valence-corrected chi connectivity index (χ2v) is 14.8. The number of esters is 1. The molecule has 7 rings (SSSR count). The summed E-state index contributed by atoms with van der Waals surface area (Å²) in [6.07, 6.45) is 3.86. The molecule has 6 heterocycles. The Labute approximate surface area is 319 Å². The quantitative estimate of drug-likeness (QED) is 0.190. The van der Waals surface area contributed by atoms with E-state index in [-0.39, 0.29) is 24.9 Å². The number of anilines is 1. The van der Waals surface area contributed by atoms with Gasteiger partial charge in [0.25, 0.3) is 5.91 Å². The number of amides is 1. The molecule has 1 amide bonds. The summed E-state index contributed by atoms with van der Waals surface area (Å²) in [6.45, 7) is 5.98. The third-order valence-electron chi connectivity index (χ3n) is 10.7. The number of piperidine rings is 1. The number of hydrogen-bond acceptors (Lipinski definition) is 14. The average molecular weight is 762 g/mol. The number of methoxy groups -OCH3 is 3. The summed E-state index contributed by atoms with van der Waals surface area (Å²) in [5.74, 6) is 0.175. The first kappa shape index (κ1) is 38.5. The molecule has 3 fully saturated rings. The normalized spacial score (nSPS) is 23.1. The van der Waals surface area contributed by atoms with Crippen LogP contribution in [0.5, 0.6) is 11.5 Å². The molecule has 3 aromatic heterocycles. The molecule has 0 bridgehead atoms. The van der Waals surface area contributed by atoms with E-state index < -0.39 is 42.3 Å². The van der Waals surface area contributed by atoms with Gasteiger partial charge in [0, 0.05) is 55.8 Å². The van der Waals surface area contributed by atoms with Gasteiger partial charge < -0.3 is 53.8 Å². The fourth-order valence-electron chi connectivity index (χ4n) is 7.83. The summed E-state index contributed by atoms with van der Waals surface area (Å²) >= 11 is 0. The van der Waals surface area contributed by atoms with Gasteiger partial charge in [-0.15, -0.1) is 0 Å². The maximum absolute atomic E-state index is 14.8. The molecule has 3 aliphatic rings. The number of hydrogen-bond donors (Lipinski definition) is 2. The highest BCUT2D eigenvalue weighted by molar-refractivity contribution is 6.00. The number of benzene rings is 1. The van der Waals surface area contributed by atoms with Crippen molar-refractivity contribution in [2.75, 3.05) is 53.3 Å². The SMILES string of the molecule is COC(=O)[C@@H](N)CCN(C(=O)[C@H]1O[C@@H](n2cc(-c3ccn(C)n3)c3c(NCc4ccc(OC)cc4OC)ncnc32)[C@@H]2OC(C)(C)O[C@@H]21)C1CCN(C)CC1. The lowest BCUT2D eigenvalue weighted by molar-refractivity contribution is -0.201. The first-order valence-corrected chi connectivity index (χ1v) is 18.5. The summed E-state index contributed by atoms with van der Waals surface area (Å²) in [4.78, 5) is 40.5. The van der Waals surface area contributed by atoms with E-state index in [1.165, 1.54) is 13.4 Å². The number of rotatable bonds is 13. The number of nitrogens with zero attached hydrogens (tertiary/aromatic N) is 7. The third-order valence-corrected chi connectivity index (χ3v) is 10.7. The van der Waals surface area contributed by atoms with E-state index in [9.17, 15) is 9.59 Å². The summed E-state index contributed by atoms with van der Waals surface area (Å²) in [7, 11) is 8.46. The minimum Gasteiger partial charge on any atom is -0.497 e. The van der Waals surface area contributed by atoms with E-state index in [1.54, 1.807) is 18.9 Å². The Hall–Kier alpha value is -4.81. The van der Waals surface area contributed by atoms with Gasteiger partial charge in [-0.25, -0.2) is 9.97 Å². The number of likely N-dealkylation sites (tertiary alicyclic amines) is 1. The number of nitrogens with two attached hydrogens (primary N) is 1. The van der Waals surface area contributed by atoms with Crippen molar-refractivity contribution in [3.8, 4) is 22.8 Å². The first-order chi connectivity index (χ1) is 26.4. The second kappa shape index (κ2) is 15.7. The van der Waals surface area contributed by atoms with Crippen molar-refractivity contribution in [3.63, 3.8) is 0 Å². The van der Waals surface area contributed by atoms with E-state index in [4.69, 9.17) is 44.2 Å². The summed E-state index contributed by atoms with van der Waals surface area (Å²) in [5, 5.41) is 8.93. The smallest absolute Gasteiger partial charge is 0.322 e. The number of aryl methyl sites for hydroxylation is 1. The monoisotopic (exact) mass is 761 g/mol. The highest BCUT2D eigenvalue weighted by Gasteiger charge is 2.59. The predicted octanol–water partition coefficient (Wildman–Crippen LogP) is 2.69. The zero-order chi connectivity index (χ0) is 39.0. The van der Waals surface area contributed by atoms with Crippen LogP contribution in [0, 0.1) is 0 Å². The number of ether oxygens (including phenoxy) is 6. The summed E-state index contributed by atoms with van der Waals surface area (Å²) in [5.41, 5.74) is 9.08. The molecule has 0 saturated carbocycles. The summed E-state index contributed by atoms with van der Waals surface area (Å²) in [6, 6.07) is 6.63. The van der Waals surface area contributed by atoms with Crippen LogP contribution in [0.25, 0.3) is 22.3 Å². The van der Waals surface area contributed by atoms with Crippen LogP contribution in [0.3, 0.4) is 0 Å². The first-order valence-electron chi connectivity index (χ1n) is 18.5. The fourth-order valence-corrected chi connectivity index (χ4v) is 7.83. The van der Waals surface area contributed by atoms with Crippen LogP contribution in [0.2, 0.25) is 0 Å². The maximum atomic E-state index is 14.8. The molecule has 3 aliphatic heterocycles. The Balaban J connectivity index is 1.25. The van der Waals surface area contributed by atoms with Crippen LogP contribution in [0.1, 0.15) is 44.9 Å². The molecule has 4 aromatic rings. The molecular weight excluding hydrogens is 710 g/mol. The molecule has 296 valence electrons. The standard InChI is InChI=1S/C38H51N9O8/c1-38(2)54-30-31(35(48)46(17-12-26(39)37(49)52-7)23-10-14-44(3)15-11-23)53-36(32(30)55-38)47-20-25(27-13-16-45(4)43-27)29-33(41-21-42-34(29)47)40-19-22-8-9-24(50-5)18-28(22)51-6/h8-9,13,16,18,20-21,23,26,30-32,36H,10-12,14-15,17,19,39H2,1-7H3,(H,40,41,42)/t26-,30+,31-,32+,36+/m0/s1. The van der Waals surface area contributed by atoms with E-state index in [2.05, 4.69) is 22.2 Å². The van der Waals surface area contributed by atoms with Gasteiger partial charge in [-0.05, 0) is 71.4 Å². The van der Waals surface area contributed by atoms with Crippen molar-refractivity contribution < 1.29 is 38.0 Å². The van der Waals surface area contributed by atoms with Crippen LogP contribution >= 0.6 is 0 Å². The van der Waals surface area contributed by atoms with E-state index in [1.807, 2.05) is 67.0 Å². The lowest BCUT2D eigenvalue weighted by Gasteiger charge is -2.39. The topological polar surface area (TPSA) is 183 Å². The Kier molecular flexibility index (Phi) is 11.0. The van der Waals surface area contributed by atoms with Gasteiger partial charge in [0.1, 0.15) is 47.5 Å². The molecule has 0 spiro atoms. The van der Waals surface area contributed by atoms with E-state index in [0.717, 1.165) is 37.1 Å². The minimum absolute atomic E-state index is 0.0705. The number of fused-ring (bicyclic) bond motifs is 2. The van der Waals surface area contributed by atoms with Crippen LogP contribution in [0.15, 0.2) is 43.0 Å². The highest BCUT2D eigenvalue weighted by Crippen LogP contribution is 2.46. The Bertz CT molecular complexity index is 2010. The lowest BCUT2D eigenvalue weighted by Crippen LogP contribution is -2.53. The Morgan fingerprint density at radius 1 is 1.07 bits per heavy atom. The maximum Gasteiger partial charge on any atom is 0.322 e. The molecule has 17 heteroatoms. The van der Waals surface area contributed by atoms with Crippen LogP contribution in [0.4, 0.5) is 5.82 Å². The fraction of sp³-hybridized carbons (Fsp3) is 0.553. The zero-order valence-corrected chi connectivity index (χ0v) is 32.4. The number of carbonyl (C=O) groups excluding carboxylic acids is 2.